The molecule has 5 nitrogen and oxygen atoms in total. The lowest BCUT2D eigenvalue weighted by molar-refractivity contribution is 0.358. The molecule has 0 bridgehead atoms. The second-order valence-electron chi connectivity index (χ2n) is 5.66. The highest BCUT2D eigenvalue weighted by Gasteiger charge is 2.04. The van der Waals surface area contributed by atoms with Gasteiger partial charge in [0.05, 0.1) is 7.11 Å². The van der Waals surface area contributed by atoms with Crippen molar-refractivity contribution in [3.05, 3.63) is 72.3 Å². The minimum absolute atomic E-state index is 0. The molecule has 0 aliphatic carbocycles. The molecule has 2 aromatic rings. The van der Waals surface area contributed by atoms with Crippen LogP contribution >= 0.6 is 24.0 Å². The molecule has 0 atom stereocenters. The molecule has 0 saturated heterocycles. The number of rotatable bonds is 9. The fourth-order valence-corrected chi connectivity index (χ4v) is 2.46. The van der Waals surface area contributed by atoms with Crippen LogP contribution in [0.3, 0.4) is 0 Å². The second kappa shape index (κ2) is 13.0. The lowest BCUT2D eigenvalue weighted by Crippen LogP contribution is -2.37. The van der Waals surface area contributed by atoms with Crippen molar-refractivity contribution in [2.24, 2.45) is 4.99 Å². The third kappa shape index (κ3) is 7.90. The molecule has 0 amide bonds. The predicted octanol–water partition coefficient (Wildman–Crippen LogP) is 3.79. The van der Waals surface area contributed by atoms with Gasteiger partial charge in [-0.1, -0.05) is 43.0 Å². The third-order valence-corrected chi connectivity index (χ3v) is 3.86. The molecular weight excluding hydrogens is 453 g/mol. The van der Waals surface area contributed by atoms with Gasteiger partial charge >= 0.3 is 0 Å². The zero-order chi connectivity index (χ0) is 18.6. The van der Waals surface area contributed by atoms with Crippen molar-refractivity contribution in [1.29, 1.82) is 0 Å². The Morgan fingerprint density at radius 3 is 2.52 bits per heavy atom. The van der Waals surface area contributed by atoms with Gasteiger partial charge in [0.1, 0.15) is 18.1 Å². The number of nitrogens with one attached hydrogen (secondary N) is 2. The fraction of sp³-hybridized carbons (Fsp3) is 0.286. The van der Waals surface area contributed by atoms with E-state index in [0.29, 0.717) is 13.2 Å². The Morgan fingerprint density at radius 1 is 1.11 bits per heavy atom. The molecule has 0 aromatic heterocycles. The van der Waals surface area contributed by atoms with Crippen LogP contribution in [0.4, 0.5) is 0 Å². The molecule has 2 rings (SSSR count). The number of benzene rings is 2. The summed E-state index contributed by atoms with van der Waals surface area (Å²) in [6.45, 7) is 5.60. The standard InChI is InChI=1S/C21H27N3O2.HI/c1-4-15-26-20-8-6-5-7-18(20)16-24-21(22-2)23-14-13-17-9-11-19(25-3)12-10-17;/h4-12H,1,13-16H2,2-3H3,(H2,22,23,24);1H. The van der Waals surface area contributed by atoms with Crippen molar-refractivity contribution in [2.45, 2.75) is 13.0 Å². The second-order valence-corrected chi connectivity index (χ2v) is 5.66. The van der Waals surface area contributed by atoms with E-state index in [1.54, 1.807) is 20.2 Å². The van der Waals surface area contributed by atoms with Crippen molar-refractivity contribution in [2.75, 3.05) is 27.3 Å². The predicted molar refractivity (Wildman–Crippen MR) is 122 cm³/mol. The molecule has 2 aromatic carbocycles. The maximum atomic E-state index is 5.68. The first-order valence-electron chi connectivity index (χ1n) is 8.66. The zero-order valence-corrected chi connectivity index (χ0v) is 18.2. The average Bonchev–Trinajstić information content (AvgIpc) is 2.70. The van der Waals surface area contributed by atoms with E-state index in [-0.39, 0.29) is 24.0 Å². The first-order valence-corrected chi connectivity index (χ1v) is 8.66. The van der Waals surface area contributed by atoms with Crippen LogP contribution in [0.2, 0.25) is 0 Å². The molecule has 2 N–H and O–H groups in total. The normalized spacial score (nSPS) is 10.5. The first kappa shape index (κ1) is 22.8. The number of para-hydroxylation sites is 1. The van der Waals surface area contributed by atoms with Crippen LogP contribution in [-0.4, -0.2) is 33.3 Å². The zero-order valence-electron chi connectivity index (χ0n) is 15.9. The first-order chi connectivity index (χ1) is 12.8. The number of methoxy groups -OCH3 is 1. The van der Waals surface area contributed by atoms with E-state index < -0.39 is 0 Å². The van der Waals surface area contributed by atoms with Crippen LogP contribution in [0, 0.1) is 0 Å². The van der Waals surface area contributed by atoms with Crippen molar-refractivity contribution in [3.63, 3.8) is 0 Å². The van der Waals surface area contributed by atoms with Gasteiger partial charge in [-0.2, -0.15) is 0 Å². The molecule has 0 heterocycles. The summed E-state index contributed by atoms with van der Waals surface area (Å²) in [6, 6.07) is 16.1. The smallest absolute Gasteiger partial charge is 0.191 e. The highest BCUT2D eigenvalue weighted by Crippen LogP contribution is 2.17. The minimum atomic E-state index is 0. The quantitative estimate of drug-likeness (QED) is 0.248. The Kier molecular flexibility index (Phi) is 11.0. The summed E-state index contributed by atoms with van der Waals surface area (Å²) in [5.74, 6) is 2.49. The number of guanidine groups is 1. The van der Waals surface area contributed by atoms with Gasteiger partial charge in [-0.15, -0.1) is 24.0 Å². The summed E-state index contributed by atoms with van der Waals surface area (Å²) >= 11 is 0. The SMILES string of the molecule is C=CCOc1ccccc1CNC(=NC)NCCc1ccc(OC)cc1.I. The molecule has 0 aliphatic heterocycles. The van der Waals surface area contributed by atoms with Gasteiger partial charge in [0, 0.05) is 25.7 Å². The molecule has 146 valence electrons. The fourth-order valence-electron chi connectivity index (χ4n) is 2.46. The highest BCUT2D eigenvalue weighted by atomic mass is 127. The van der Waals surface area contributed by atoms with Gasteiger partial charge in [-0.05, 0) is 30.2 Å². The number of halogens is 1. The summed E-state index contributed by atoms with van der Waals surface area (Å²) in [4.78, 5) is 4.27. The largest absolute Gasteiger partial charge is 0.497 e. The summed E-state index contributed by atoms with van der Waals surface area (Å²) < 4.78 is 10.9. The van der Waals surface area contributed by atoms with Crippen molar-refractivity contribution in [3.8, 4) is 11.5 Å². The van der Waals surface area contributed by atoms with Gasteiger partial charge in [-0.25, -0.2) is 0 Å². The Hall–Kier alpha value is -2.22. The average molecular weight is 481 g/mol. The van der Waals surface area contributed by atoms with Crippen LogP contribution in [-0.2, 0) is 13.0 Å². The van der Waals surface area contributed by atoms with E-state index in [4.69, 9.17) is 9.47 Å². The van der Waals surface area contributed by atoms with E-state index in [0.717, 1.165) is 36.0 Å². The Balaban J connectivity index is 0.00000364. The molecule has 0 radical (unpaired) electrons. The van der Waals surface area contributed by atoms with E-state index >= 15 is 0 Å². The molecule has 6 heteroatoms. The van der Waals surface area contributed by atoms with Gasteiger partial charge in [-0.3, -0.25) is 4.99 Å². The van der Waals surface area contributed by atoms with Crippen molar-refractivity contribution < 1.29 is 9.47 Å². The van der Waals surface area contributed by atoms with Crippen molar-refractivity contribution >= 4 is 29.9 Å². The van der Waals surface area contributed by atoms with Gasteiger partial charge in [0.2, 0.25) is 0 Å². The topological polar surface area (TPSA) is 54.9 Å². The van der Waals surface area contributed by atoms with Crippen LogP contribution in [0.5, 0.6) is 11.5 Å². The number of ether oxygens (including phenoxy) is 2. The number of nitrogens with zero attached hydrogens (tertiary/aromatic N) is 1. The Morgan fingerprint density at radius 2 is 1.85 bits per heavy atom. The van der Waals surface area contributed by atoms with E-state index in [1.165, 1.54) is 5.56 Å². The molecule has 27 heavy (non-hydrogen) atoms. The summed E-state index contributed by atoms with van der Waals surface area (Å²) in [5.41, 5.74) is 2.32. The Labute approximate surface area is 178 Å². The van der Waals surface area contributed by atoms with Crippen LogP contribution in [0.1, 0.15) is 11.1 Å². The molecule has 0 unspecified atom stereocenters. The summed E-state index contributed by atoms with van der Waals surface area (Å²) in [6.07, 6.45) is 2.65. The monoisotopic (exact) mass is 481 g/mol. The van der Waals surface area contributed by atoms with Crippen LogP contribution in [0.15, 0.2) is 66.2 Å². The molecule has 0 aliphatic rings. The molecule has 0 spiro atoms. The van der Waals surface area contributed by atoms with Crippen LogP contribution < -0.4 is 20.1 Å². The highest BCUT2D eigenvalue weighted by molar-refractivity contribution is 14.0. The molecular formula is C21H28IN3O2. The van der Waals surface area contributed by atoms with E-state index in [1.807, 2.05) is 36.4 Å². The maximum absolute atomic E-state index is 5.68. The van der Waals surface area contributed by atoms with Gasteiger partial charge < -0.3 is 20.1 Å². The maximum Gasteiger partial charge on any atom is 0.191 e. The molecule has 0 saturated carbocycles. The number of hydrogen-bond donors (Lipinski definition) is 2. The van der Waals surface area contributed by atoms with Gasteiger partial charge in [0.15, 0.2) is 5.96 Å². The van der Waals surface area contributed by atoms with E-state index in [2.05, 4.69) is 34.3 Å². The summed E-state index contributed by atoms with van der Waals surface area (Å²) in [5, 5.41) is 6.65. The lowest BCUT2D eigenvalue weighted by atomic mass is 10.1. The van der Waals surface area contributed by atoms with Crippen molar-refractivity contribution in [1.82, 2.24) is 10.6 Å². The summed E-state index contributed by atoms with van der Waals surface area (Å²) in [7, 11) is 3.44. The van der Waals surface area contributed by atoms with E-state index in [9.17, 15) is 0 Å². The number of hydrogen-bond acceptors (Lipinski definition) is 3. The Bertz CT molecular complexity index is 718. The van der Waals surface area contributed by atoms with Gasteiger partial charge in [0.25, 0.3) is 0 Å². The minimum Gasteiger partial charge on any atom is -0.497 e. The third-order valence-electron chi connectivity index (χ3n) is 3.86. The lowest BCUT2D eigenvalue weighted by Gasteiger charge is -2.14. The number of aliphatic imine (C=N–C) groups is 1. The molecule has 0 fully saturated rings. The van der Waals surface area contributed by atoms with Crippen LogP contribution in [0.25, 0.3) is 0 Å².